The zero-order chi connectivity index (χ0) is 19.9. The van der Waals surface area contributed by atoms with E-state index in [9.17, 15) is 14.0 Å². The van der Waals surface area contributed by atoms with Crippen LogP contribution < -0.4 is 10.5 Å². The number of rotatable bonds is 6. The first kappa shape index (κ1) is 19.8. The number of carbonyl (C=O) groups is 2. The Bertz CT molecular complexity index is 843. The summed E-state index contributed by atoms with van der Waals surface area (Å²) in [6, 6.07) is 13.2. The van der Waals surface area contributed by atoms with Gasteiger partial charge in [0.05, 0.1) is 0 Å². The molecule has 0 atom stereocenters. The second-order valence-corrected chi connectivity index (χ2v) is 6.78. The van der Waals surface area contributed by atoms with E-state index in [0.717, 1.165) is 13.0 Å². The van der Waals surface area contributed by atoms with Crippen LogP contribution in [0, 0.1) is 5.82 Å². The van der Waals surface area contributed by atoms with E-state index in [4.69, 9.17) is 10.5 Å². The van der Waals surface area contributed by atoms with Gasteiger partial charge >= 0.3 is 0 Å². The highest BCUT2D eigenvalue weighted by molar-refractivity contribution is 5.93. The van der Waals surface area contributed by atoms with E-state index in [0.29, 0.717) is 43.1 Å². The molecule has 1 saturated heterocycles. The fourth-order valence-corrected chi connectivity index (χ4v) is 3.22. The lowest BCUT2D eigenvalue weighted by Gasteiger charge is -2.22. The number of benzene rings is 2. The van der Waals surface area contributed by atoms with Crippen LogP contribution in [0.3, 0.4) is 0 Å². The van der Waals surface area contributed by atoms with Crippen LogP contribution in [0.1, 0.15) is 22.3 Å². The molecule has 1 fully saturated rings. The molecule has 1 aliphatic rings. The first-order valence-electron chi connectivity index (χ1n) is 9.29. The third kappa shape index (κ3) is 5.29. The maximum absolute atomic E-state index is 13.9. The van der Waals surface area contributed by atoms with Crippen molar-refractivity contribution in [1.82, 2.24) is 9.80 Å². The van der Waals surface area contributed by atoms with Gasteiger partial charge in [0, 0.05) is 43.9 Å². The molecule has 0 bridgehead atoms. The number of primary amides is 1. The molecule has 0 unspecified atom stereocenters. The number of hydrogen-bond donors (Lipinski definition) is 1. The van der Waals surface area contributed by atoms with E-state index in [1.165, 1.54) is 12.1 Å². The van der Waals surface area contributed by atoms with E-state index >= 15 is 0 Å². The first-order valence-corrected chi connectivity index (χ1v) is 9.29. The summed E-state index contributed by atoms with van der Waals surface area (Å²) < 4.78 is 19.4. The van der Waals surface area contributed by atoms with Crippen molar-refractivity contribution >= 4 is 11.8 Å². The summed E-state index contributed by atoms with van der Waals surface area (Å²) in [4.78, 5) is 27.6. The van der Waals surface area contributed by atoms with E-state index in [-0.39, 0.29) is 18.3 Å². The van der Waals surface area contributed by atoms with Crippen LogP contribution in [0.25, 0.3) is 0 Å². The average Bonchev–Trinajstić information content (AvgIpc) is 2.94. The molecular formula is C21H24FN3O3. The van der Waals surface area contributed by atoms with Crippen molar-refractivity contribution in [1.29, 1.82) is 0 Å². The summed E-state index contributed by atoms with van der Waals surface area (Å²) in [7, 11) is 0. The quantitative estimate of drug-likeness (QED) is 0.826. The zero-order valence-corrected chi connectivity index (χ0v) is 15.6. The van der Waals surface area contributed by atoms with Gasteiger partial charge in [0.1, 0.15) is 11.6 Å². The topological polar surface area (TPSA) is 75.9 Å². The molecule has 2 N–H and O–H groups in total. The molecule has 2 aromatic rings. The van der Waals surface area contributed by atoms with Gasteiger partial charge in [0.2, 0.25) is 5.91 Å². The lowest BCUT2D eigenvalue weighted by molar-refractivity contribution is -0.133. The van der Waals surface area contributed by atoms with Crippen LogP contribution in [0.4, 0.5) is 4.39 Å². The molecule has 1 aliphatic heterocycles. The molecule has 2 aromatic carbocycles. The minimum Gasteiger partial charge on any atom is -0.484 e. The lowest BCUT2D eigenvalue weighted by Crippen LogP contribution is -2.38. The van der Waals surface area contributed by atoms with Crippen molar-refractivity contribution in [2.45, 2.75) is 13.0 Å². The van der Waals surface area contributed by atoms with Crippen molar-refractivity contribution in [3.05, 3.63) is 65.5 Å². The fraction of sp³-hybridized carbons (Fsp3) is 0.333. The Hall–Kier alpha value is -2.93. The SMILES string of the molecule is NC(=O)c1cccc(OCC(=O)N2CCCN(Cc3ccccc3F)CC2)c1. The Balaban J connectivity index is 1.51. The number of ether oxygens (including phenoxy) is 1. The predicted molar refractivity (Wildman–Crippen MR) is 103 cm³/mol. The Morgan fingerprint density at radius 3 is 2.64 bits per heavy atom. The second-order valence-electron chi connectivity index (χ2n) is 6.78. The largest absolute Gasteiger partial charge is 0.484 e. The highest BCUT2D eigenvalue weighted by Crippen LogP contribution is 2.15. The van der Waals surface area contributed by atoms with Crippen molar-refractivity contribution < 1.29 is 18.7 Å². The third-order valence-electron chi connectivity index (χ3n) is 4.77. The number of halogens is 1. The Labute approximate surface area is 163 Å². The minimum absolute atomic E-state index is 0.102. The van der Waals surface area contributed by atoms with Crippen molar-refractivity contribution in [2.75, 3.05) is 32.8 Å². The van der Waals surface area contributed by atoms with Gasteiger partial charge in [-0.25, -0.2) is 4.39 Å². The molecule has 0 radical (unpaired) electrons. The van der Waals surface area contributed by atoms with E-state index in [1.807, 2.05) is 6.07 Å². The van der Waals surface area contributed by atoms with Gasteiger partial charge in [-0.15, -0.1) is 0 Å². The van der Waals surface area contributed by atoms with Gasteiger partial charge < -0.3 is 15.4 Å². The van der Waals surface area contributed by atoms with Crippen molar-refractivity contribution in [3.63, 3.8) is 0 Å². The summed E-state index contributed by atoms with van der Waals surface area (Å²) in [5.74, 6) is -0.427. The molecule has 7 heteroatoms. The fourth-order valence-electron chi connectivity index (χ4n) is 3.22. The highest BCUT2D eigenvalue weighted by atomic mass is 19.1. The van der Waals surface area contributed by atoms with E-state index in [1.54, 1.807) is 35.2 Å². The number of carbonyl (C=O) groups excluding carboxylic acids is 2. The predicted octanol–water partition coefficient (Wildman–Crippen LogP) is 2.04. The van der Waals surface area contributed by atoms with Gasteiger partial charge in [-0.2, -0.15) is 0 Å². The van der Waals surface area contributed by atoms with Gasteiger partial charge in [-0.3, -0.25) is 14.5 Å². The normalized spacial score (nSPS) is 15.1. The molecular weight excluding hydrogens is 361 g/mol. The van der Waals surface area contributed by atoms with Crippen LogP contribution in [-0.2, 0) is 11.3 Å². The van der Waals surface area contributed by atoms with E-state index in [2.05, 4.69) is 4.90 Å². The second kappa shape index (κ2) is 9.32. The average molecular weight is 385 g/mol. The molecule has 0 aromatic heterocycles. The molecule has 0 aliphatic carbocycles. The Kier molecular flexibility index (Phi) is 6.60. The van der Waals surface area contributed by atoms with Crippen LogP contribution in [0.5, 0.6) is 5.75 Å². The monoisotopic (exact) mass is 385 g/mol. The summed E-state index contributed by atoms with van der Waals surface area (Å²) in [5, 5.41) is 0. The third-order valence-corrected chi connectivity index (χ3v) is 4.77. The van der Waals surface area contributed by atoms with Crippen LogP contribution in [0.15, 0.2) is 48.5 Å². The van der Waals surface area contributed by atoms with Gasteiger partial charge in [0.15, 0.2) is 6.61 Å². The first-order chi connectivity index (χ1) is 13.5. The number of amides is 2. The molecule has 0 saturated carbocycles. The standard InChI is InChI=1S/C21H24FN3O3/c22-19-8-2-1-5-17(19)14-24-9-4-10-25(12-11-24)20(26)15-28-18-7-3-6-16(13-18)21(23)27/h1-3,5-8,13H,4,9-12,14-15H2,(H2,23,27). The molecule has 6 nitrogen and oxygen atoms in total. The number of nitrogens with two attached hydrogens (primary N) is 1. The lowest BCUT2D eigenvalue weighted by atomic mass is 10.2. The molecule has 3 rings (SSSR count). The van der Waals surface area contributed by atoms with Crippen molar-refractivity contribution in [3.8, 4) is 5.75 Å². The summed E-state index contributed by atoms with van der Waals surface area (Å²) in [6.07, 6.45) is 0.817. The molecule has 1 heterocycles. The maximum Gasteiger partial charge on any atom is 0.260 e. The van der Waals surface area contributed by atoms with Crippen molar-refractivity contribution in [2.24, 2.45) is 5.73 Å². The minimum atomic E-state index is -0.542. The summed E-state index contributed by atoms with van der Waals surface area (Å²) >= 11 is 0. The van der Waals surface area contributed by atoms with Gasteiger partial charge in [-0.1, -0.05) is 24.3 Å². The zero-order valence-electron chi connectivity index (χ0n) is 15.6. The Morgan fingerprint density at radius 2 is 1.86 bits per heavy atom. The molecule has 2 amide bonds. The Morgan fingerprint density at radius 1 is 1.04 bits per heavy atom. The molecule has 148 valence electrons. The summed E-state index contributed by atoms with van der Waals surface area (Å²) in [5.41, 5.74) is 6.26. The smallest absolute Gasteiger partial charge is 0.260 e. The van der Waals surface area contributed by atoms with E-state index < -0.39 is 5.91 Å². The van der Waals surface area contributed by atoms with Crippen LogP contribution >= 0.6 is 0 Å². The molecule has 28 heavy (non-hydrogen) atoms. The summed E-state index contributed by atoms with van der Waals surface area (Å²) in [6.45, 7) is 3.12. The van der Waals surface area contributed by atoms with Crippen LogP contribution in [0.2, 0.25) is 0 Å². The van der Waals surface area contributed by atoms with Gasteiger partial charge in [0.25, 0.3) is 5.91 Å². The highest BCUT2D eigenvalue weighted by Gasteiger charge is 2.20. The number of nitrogens with zero attached hydrogens (tertiary/aromatic N) is 2. The van der Waals surface area contributed by atoms with Gasteiger partial charge in [-0.05, 0) is 30.7 Å². The molecule has 0 spiro atoms. The number of hydrogen-bond acceptors (Lipinski definition) is 4. The van der Waals surface area contributed by atoms with Crippen LogP contribution in [-0.4, -0.2) is 54.4 Å². The maximum atomic E-state index is 13.9.